The van der Waals surface area contributed by atoms with Crippen molar-refractivity contribution in [3.8, 4) is 0 Å². The molecule has 1 N–H and O–H groups in total. The Hall–Kier alpha value is 0.691. The van der Waals surface area contributed by atoms with Crippen molar-refractivity contribution in [1.29, 1.82) is 0 Å². The Kier molecular flexibility index (Phi) is 7.09. The first-order valence-electron chi connectivity index (χ1n) is 7.57. The summed E-state index contributed by atoms with van der Waals surface area (Å²) in [5.41, 5.74) is 2.93. The van der Waals surface area contributed by atoms with Crippen LogP contribution in [0.2, 0.25) is 0 Å². The van der Waals surface area contributed by atoms with Crippen molar-refractivity contribution >= 4 is 45.5 Å². The van der Waals surface area contributed by atoms with Crippen LogP contribution >= 0.6 is 0 Å². The molecule has 0 bridgehead atoms. The second-order valence-electron chi connectivity index (χ2n) is 8.03. The predicted octanol–water partition coefficient (Wildman–Crippen LogP) is 4.17. The number of H-pyrrole nitrogens is 1. The summed E-state index contributed by atoms with van der Waals surface area (Å²) in [7, 11) is 0. The van der Waals surface area contributed by atoms with E-state index in [0.717, 1.165) is 18.7 Å². The topological polar surface area (TPSA) is 28.7 Å². The first kappa shape index (κ1) is 20.7. The van der Waals surface area contributed by atoms with Gasteiger partial charge in [0.2, 0.25) is 0 Å². The van der Waals surface area contributed by atoms with Crippen LogP contribution in [0.5, 0.6) is 0 Å². The van der Waals surface area contributed by atoms with E-state index in [1.807, 2.05) is 0 Å². The van der Waals surface area contributed by atoms with Gasteiger partial charge in [-0.15, -0.1) is 0 Å². The van der Waals surface area contributed by atoms with Gasteiger partial charge in [0.05, 0.1) is 5.69 Å². The zero-order valence-corrected chi connectivity index (χ0v) is 14.4. The van der Waals surface area contributed by atoms with Crippen LogP contribution in [0.15, 0.2) is 0 Å². The SMILES string of the molecule is CCC(C)(C)c1nc(C(C)(C)C)[nH]c1C(C)(C)CC.[SrH2]. The first-order chi connectivity index (χ1) is 8.45. The van der Waals surface area contributed by atoms with Gasteiger partial charge >= 0.3 is 45.5 Å². The molecule has 0 saturated heterocycles. The zero-order chi connectivity index (χ0) is 15.1. The molecule has 2 nitrogen and oxygen atoms in total. The minimum absolute atomic E-state index is 0. The van der Waals surface area contributed by atoms with Crippen molar-refractivity contribution in [2.45, 2.75) is 91.4 Å². The van der Waals surface area contributed by atoms with Gasteiger partial charge in [-0.3, -0.25) is 0 Å². The summed E-state index contributed by atoms with van der Waals surface area (Å²) < 4.78 is 0. The number of nitrogens with one attached hydrogen (secondary N) is 1. The first-order valence-corrected chi connectivity index (χ1v) is 7.57. The Morgan fingerprint density at radius 1 is 0.850 bits per heavy atom. The van der Waals surface area contributed by atoms with Crippen LogP contribution in [0.3, 0.4) is 0 Å². The number of aromatic amines is 1. The molecule has 0 fully saturated rings. The van der Waals surface area contributed by atoms with Gasteiger partial charge in [0.15, 0.2) is 0 Å². The molecule has 1 aromatic heterocycles. The van der Waals surface area contributed by atoms with Crippen LogP contribution in [-0.4, -0.2) is 55.4 Å². The average Bonchev–Trinajstić information content (AvgIpc) is 2.74. The summed E-state index contributed by atoms with van der Waals surface area (Å²) in [5, 5.41) is 0. The standard InChI is InChI=1S/C17H32N2.Sr.2H/c1-10-16(6,7)12-13(17(8,9)11-2)19-14(18-12)15(3,4)5;;;/h10-11H2,1-9H3,(H,18,19);;;. The molecule has 1 rings (SSSR count). The third-order valence-corrected chi connectivity index (χ3v) is 4.50. The summed E-state index contributed by atoms with van der Waals surface area (Å²) in [5.74, 6) is 1.11. The monoisotopic (exact) mass is 354 g/mol. The van der Waals surface area contributed by atoms with E-state index in [0.29, 0.717) is 0 Å². The number of rotatable bonds is 4. The van der Waals surface area contributed by atoms with Gasteiger partial charge in [0.25, 0.3) is 0 Å². The minimum atomic E-state index is 0. The Morgan fingerprint density at radius 3 is 1.65 bits per heavy atom. The van der Waals surface area contributed by atoms with Gasteiger partial charge < -0.3 is 4.98 Å². The van der Waals surface area contributed by atoms with Crippen LogP contribution in [0.25, 0.3) is 0 Å². The molecule has 114 valence electrons. The summed E-state index contributed by atoms with van der Waals surface area (Å²) in [6.45, 7) is 20.4. The van der Waals surface area contributed by atoms with Crippen LogP contribution < -0.4 is 0 Å². The van der Waals surface area contributed by atoms with Crippen molar-refractivity contribution in [1.82, 2.24) is 9.97 Å². The normalized spacial score (nSPS) is 13.2. The molecule has 0 radical (unpaired) electrons. The van der Waals surface area contributed by atoms with Crippen LogP contribution in [0.4, 0.5) is 0 Å². The van der Waals surface area contributed by atoms with E-state index in [4.69, 9.17) is 4.98 Å². The van der Waals surface area contributed by atoms with E-state index in [1.54, 1.807) is 0 Å². The van der Waals surface area contributed by atoms with Crippen molar-refractivity contribution in [3.05, 3.63) is 17.2 Å². The number of hydrogen-bond acceptors (Lipinski definition) is 1. The van der Waals surface area contributed by atoms with Gasteiger partial charge in [-0.25, -0.2) is 4.98 Å². The van der Waals surface area contributed by atoms with Crippen molar-refractivity contribution in [2.24, 2.45) is 0 Å². The van der Waals surface area contributed by atoms with E-state index < -0.39 is 0 Å². The fourth-order valence-electron chi connectivity index (χ4n) is 2.05. The summed E-state index contributed by atoms with van der Waals surface area (Å²) in [6.07, 6.45) is 2.22. The Bertz CT molecular complexity index is 403. The van der Waals surface area contributed by atoms with Crippen LogP contribution in [0.1, 0.15) is 92.4 Å². The number of aromatic nitrogens is 2. The van der Waals surface area contributed by atoms with Gasteiger partial charge in [-0.1, -0.05) is 62.3 Å². The molecule has 1 aromatic rings. The van der Waals surface area contributed by atoms with E-state index in [1.165, 1.54) is 11.4 Å². The summed E-state index contributed by atoms with van der Waals surface area (Å²) in [4.78, 5) is 8.62. The second-order valence-corrected chi connectivity index (χ2v) is 8.03. The molecular weight excluding hydrogens is 320 g/mol. The third kappa shape index (κ3) is 4.35. The molecule has 0 aliphatic heterocycles. The predicted molar refractivity (Wildman–Crippen MR) is 92.5 cm³/mol. The fourth-order valence-corrected chi connectivity index (χ4v) is 2.05. The Morgan fingerprint density at radius 2 is 1.30 bits per heavy atom. The molecule has 0 spiro atoms. The summed E-state index contributed by atoms with van der Waals surface area (Å²) >= 11 is 0. The molecule has 3 heteroatoms. The van der Waals surface area contributed by atoms with Gasteiger partial charge in [-0.2, -0.15) is 0 Å². The zero-order valence-electron chi connectivity index (χ0n) is 14.4. The number of hydrogen-bond donors (Lipinski definition) is 1. The van der Waals surface area contributed by atoms with Gasteiger partial charge in [0.1, 0.15) is 5.82 Å². The molecule has 20 heavy (non-hydrogen) atoms. The molecule has 0 saturated carbocycles. The van der Waals surface area contributed by atoms with Gasteiger partial charge in [0, 0.05) is 21.9 Å². The molecule has 0 atom stereocenters. The van der Waals surface area contributed by atoms with Crippen molar-refractivity contribution in [3.63, 3.8) is 0 Å². The molecule has 1 heterocycles. The van der Waals surface area contributed by atoms with Crippen LogP contribution in [-0.2, 0) is 16.2 Å². The fraction of sp³-hybridized carbons (Fsp3) is 0.824. The van der Waals surface area contributed by atoms with Crippen molar-refractivity contribution < 1.29 is 0 Å². The quantitative estimate of drug-likeness (QED) is 0.808. The molecule has 0 aliphatic carbocycles. The van der Waals surface area contributed by atoms with E-state index >= 15 is 0 Å². The summed E-state index contributed by atoms with van der Waals surface area (Å²) in [6, 6.07) is 0. The van der Waals surface area contributed by atoms with E-state index in [-0.39, 0.29) is 61.7 Å². The van der Waals surface area contributed by atoms with Gasteiger partial charge in [-0.05, 0) is 12.8 Å². The molecule has 0 unspecified atom stereocenters. The average molecular weight is 354 g/mol. The second kappa shape index (κ2) is 6.85. The number of imidazole rings is 1. The maximum absolute atomic E-state index is 4.98. The Labute approximate surface area is 162 Å². The molecule has 0 amide bonds. The molecular formula is C17H34N2Sr. The van der Waals surface area contributed by atoms with E-state index in [9.17, 15) is 0 Å². The Balaban J connectivity index is 0.00000361. The third-order valence-electron chi connectivity index (χ3n) is 4.50. The van der Waals surface area contributed by atoms with E-state index in [2.05, 4.69) is 67.3 Å². The van der Waals surface area contributed by atoms with Crippen LogP contribution in [0, 0.1) is 0 Å². The molecule has 0 aliphatic rings. The van der Waals surface area contributed by atoms with Crippen molar-refractivity contribution in [2.75, 3.05) is 0 Å². The maximum atomic E-state index is 4.98. The number of nitrogens with zero attached hydrogens (tertiary/aromatic N) is 1. The molecule has 0 aromatic carbocycles.